The van der Waals surface area contributed by atoms with Crippen molar-refractivity contribution in [3.8, 4) is 17.2 Å². The number of hydrogen-bond donors (Lipinski definition) is 3. The van der Waals surface area contributed by atoms with Crippen LogP contribution in [0, 0.1) is 6.92 Å². The lowest BCUT2D eigenvalue weighted by Crippen LogP contribution is -2.32. The lowest BCUT2D eigenvalue weighted by Gasteiger charge is -2.13. The number of rotatable bonds is 6. The summed E-state index contributed by atoms with van der Waals surface area (Å²) in [6, 6.07) is 9.71. The topological polar surface area (TPSA) is 92.8 Å². The van der Waals surface area contributed by atoms with Gasteiger partial charge >= 0.3 is 5.97 Å². The van der Waals surface area contributed by atoms with E-state index >= 15 is 0 Å². The van der Waals surface area contributed by atoms with E-state index in [2.05, 4.69) is 0 Å². The fourth-order valence-corrected chi connectivity index (χ4v) is 2.33. The van der Waals surface area contributed by atoms with E-state index in [4.69, 9.17) is 15.6 Å². The summed E-state index contributed by atoms with van der Waals surface area (Å²) in [6.07, 6.45) is 0.990. The Labute approximate surface area is 135 Å². The van der Waals surface area contributed by atoms with Crippen LogP contribution in [0.5, 0.6) is 17.2 Å². The van der Waals surface area contributed by atoms with Gasteiger partial charge in [0.25, 0.3) is 0 Å². The van der Waals surface area contributed by atoms with Crippen molar-refractivity contribution < 1.29 is 19.7 Å². The Balaban J connectivity index is 2.16. The molecule has 0 spiro atoms. The predicted molar refractivity (Wildman–Crippen MR) is 88.1 cm³/mol. The van der Waals surface area contributed by atoms with Gasteiger partial charge < -0.3 is 20.7 Å². The lowest BCUT2D eigenvalue weighted by molar-refractivity contribution is -0.138. The van der Waals surface area contributed by atoms with E-state index in [-0.39, 0.29) is 12.2 Å². The standard InChI is InChI=1S/C18H21NO4/c1-3-13-10-14(5-6-16(13)20)23-17-7-4-12(8-11(17)2)9-15(19)18(21)22/h4-8,10,15,20H,3,9,19H2,1-2H3,(H,21,22). The van der Waals surface area contributed by atoms with E-state index in [1.54, 1.807) is 18.2 Å². The van der Waals surface area contributed by atoms with Gasteiger partial charge in [-0.15, -0.1) is 0 Å². The number of carboxylic acids is 1. The molecule has 1 atom stereocenters. The maximum Gasteiger partial charge on any atom is 0.320 e. The second kappa shape index (κ2) is 7.15. The first-order chi connectivity index (χ1) is 10.9. The third kappa shape index (κ3) is 4.23. The predicted octanol–water partition coefficient (Wildman–Crippen LogP) is 3.01. The third-order valence-corrected chi connectivity index (χ3v) is 3.67. The van der Waals surface area contributed by atoms with Crippen molar-refractivity contribution in [2.75, 3.05) is 0 Å². The van der Waals surface area contributed by atoms with Crippen LogP contribution < -0.4 is 10.5 Å². The minimum absolute atomic E-state index is 0.259. The van der Waals surface area contributed by atoms with Crippen molar-refractivity contribution in [3.63, 3.8) is 0 Å². The summed E-state index contributed by atoms with van der Waals surface area (Å²) in [7, 11) is 0. The third-order valence-electron chi connectivity index (χ3n) is 3.67. The molecule has 23 heavy (non-hydrogen) atoms. The first kappa shape index (κ1) is 16.8. The van der Waals surface area contributed by atoms with Crippen LogP contribution in [0.3, 0.4) is 0 Å². The van der Waals surface area contributed by atoms with Crippen LogP contribution in [0.25, 0.3) is 0 Å². The van der Waals surface area contributed by atoms with Gasteiger partial charge in [-0.3, -0.25) is 4.79 Å². The second-order valence-electron chi connectivity index (χ2n) is 5.49. The number of phenolic OH excluding ortho intramolecular Hbond substituents is 1. The highest BCUT2D eigenvalue weighted by molar-refractivity contribution is 5.73. The largest absolute Gasteiger partial charge is 0.508 e. The first-order valence-corrected chi connectivity index (χ1v) is 7.48. The fourth-order valence-electron chi connectivity index (χ4n) is 2.33. The quantitative estimate of drug-likeness (QED) is 0.762. The zero-order valence-electron chi connectivity index (χ0n) is 13.2. The normalized spacial score (nSPS) is 12.0. The van der Waals surface area contributed by atoms with E-state index < -0.39 is 12.0 Å². The molecule has 0 saturated carbocycles. The molecule has 2 aromatic rings. The van der Waals surface area contributed by atoms with Crippen LogP contribution in [-0.2, 0) is 17.6 Å². The molecule has 5 nitrogen and oxygen atoms in total. The average molecular weight is 315 g/mol. The van der Waals surface area contributed by atoms with Crippen LogP contribution in [0.15, 0.2) is 36.4 Å². The van der Waals surface area contributed by atoms with Gasteiger partial charge in [0.2, 0.25) is 0 Å². The summed E-state index contributed by atoms with van der Waals surface area (Å²) < 4.78 is 5.86. The van der Waals surface area contributed by atoms with E-state index in [0.717, 1.165) is 16.7 Å². The summed E-state index contributed by atoms with van der Waals surface area (Å²) >= 11 is 0. The summed E-state index contributed by atoms with van der Waals surface area (Å²) in [6.45, 7) is 3.86. The number of aliphatic carboxylic acids is 1. The molecule has 0 aliphatic rings. The molecular weight excluding hydrogens is 294 g/mol. The van der Waals surface area contributed by atoms with Crippen molar-refractivity contribution in [1.82, 2.24) is 0 Å². The van der Waals surface area contributed by atoms with Crippen molar-refractivity contribution in [2.24, 2.45) is 5.73 Å². The number of carbonyl (C=O) groups is 1. The van der Waals surface area contributed by atoms with Gasteiger partial charge in [0.15, 0.2) is 0 Å². The van der Waals surface area contributed by atoms with Gasteiger partial charge in [-0.1, -0.05) is 19.1 Å². The number of carboxylic acid groups (broad SMARTS) is 1. The number of benzene rings is 2. The number of phenols is 1. The number of nitrogens with two attached hydrogens (primary N) is 1. The highest BCUT2D eigenvalue weighted by Crippen LogP contribution is 2.29. The molecule has 122 valence electrons. The summed E-state index contributed by atoms with van der Waals surface area (Å²) in [4.78, 5) is 10.8. The van der Waals surface area contributed by atoms with E-state index in [1.165, 1.54) is 0 Å². The Bertz CT molecular complexity index is 712. The van der Waals surface area contributed by atoms with Crippen LogP contribution in [0.2, 0.25) is 0 Å². The Kier molecular flexibility index (Phi) is 5.24. The van der Waals surface area contributed by atoms with Gasteiger partial charge in [-0.2, -0.15) is 0 Å². The fraction of sp³-hybridized carbons (Fsp3) is 0.278. The van der Waals surface area contributed by atoms with Gasteiger partial charge in [0.05, 0.1) is 0 Å². The van der Waals surface area contributed by atoms with Crippen LogP contribution in [0.1, 0.15) is 23.6 Å². The molecule has 0 radical (unpaired) electrons. The molecule has 0 saturated heterocycles. The SMILES string of the molecule is CCc1cc(Oc2ccc(CC(N)C(=O)O)cc2C)ccc1O. The Morgan fingerprint density at radius 2 is 2.00 bits per heavy atom. The van der Waals surface area contributed by atoms with Crippen molar-refractivity contribution in [3.05, 3.63) is 53.1 Å². The Morgan fingerprint density at radius 3 is 2.61 bits per heavy atom. The Morgan fingerprint density at radius 1 is 1.26 bits per heavy atom. The first-order valence-electron chi connectivity index (χ1n) is 7.48. The zero-order valence-corrected chi connectivity index (χ0v) is 13.2. The zero-order chi connectivity index (χ0) is 17.0. The molecule has 2 rings (SSSR count). The molecule has 0 aromatic heterocycles. The number of ether oxygens (including phenoxy) is 1. The number of hydrogen-bond acceptors (Lipinski definition) is 4. The van der Waals surface area contributed by atoms with E-state index in [9.17, 15) is 9.90 Å². The van der Waals surface area contributed by atoms with Gasteiger partial charge in [-0.25, -0.2) is 0 Å². The molecule has 5 heteroatoms. The molecule has 0 heterocycles. The maximum atomic E-state index is 10.8. The Hall–Kier alpha value is -2.53. The summed E-state index contributed by atoms with van der Waals surface area (Å²) in [5.74, 6) is 0.580. The molecule has 0 fully saturated rings. The molecule has 2 aromatic carbocycles. The van der Waals surface area contributed by atoms with Crippen molar-refractivity contribution in [1.29, 1.82) is 0 Å². The summed E-state index contributed by atoms with van der Waals surface area (Å²) in [5.41, 5.74) is 8.12. The monoisotopic (exact) mass is 315 g/mol. The molecule has 4 N–H and O–H groups in total. The molecule has 0 bridgehead atoms. The van der Waals surface area contributed by atoms with Crippen molar-refractivity contribution >= 4 is 5.97 Å². The molecule has 0 aliphatic heterocycles. The lowest BCUT2D eigenvalue weighted by atomic mass is 10.0. The van der Waals surface area contributed by atoms with Crippen LogP contribution >= 0.6 is 0 Å². The van der Waals surface area contributed by atoms with Gasteiger partial charge in [0.1, 0.15) is 23.3 Å². The molecule has 0 amide bonds. The molecule has 1 unspecified atom stereocenters. The van der Waals surface area contributed by atoms with Crippen molar-refractivity contribution in [2.45, 2.75) is 32.7 Å². The van der Waals surface area contributed by atoms with Gasteiger partial charge in [0, 0.05) is 0 Å². The van der Waals surface area contributed by atoms with E-state index in [1.807, 2.05) is 32.0 Å². The van der Waals surface area contributed by atoms with E-state index in [0.29, 0.717) is 17.9 Å². The average Bonchev–Trinajstić information content (AvgIpc) is 2.51. The molecule has 0 aliphatic carbocycles. The highest BCUT2D eigenvalue weighted by Gasteiger charge is 2.13. The minimum atomic E-state index is -1.01. The second-order valence-corrected chi connectivity index (χ2v) is 5.49. The smallest absolute Gasteiger partial charge is 0.320 e. The van der Waals surface area contributed by atoms with Gasteiger partial charge in [-0.05, 0) is 60.7 Å². The summed E-state index contributed by atoms with van der Waals surface area (Å²) in [5, 5.41) is 18.6. The van der Waals surface area contributed by atoms with Crippen LogP contribution in [0.4, 0.5) is 0 Å². The molecular formula is C18H21NO4. The minimum Gasteiger partial charge on any atom is -0.508 e. The highest BCUT2D eigenvalue weighted by atomic mass is 16.5. The number of aromatic hydroxyl groups is 1. The number of aryl methyl sites for hydroxylation is 2. The maximum absolute atomic E-state index is 10.8. The van der Waals surface area contributed by atoms with Crippen LogP contribution in [-0.4, -0.2) is 22.2 Å².